The monoisotopic (exact) mass is 1530 g/mol. The second-order valence-electron chi connectivity index (χ2n) is 28.3. The van der Waals surface area contributed by atoms with Crippen molar-refractivity contribution in [1.29, 1.82) is 0 Å². The van der Waals surface area contributed by atoms with E-state index in [4.69, 9.17) is 53.7 Å². The molecule has 15 heteroatoms. The third-order valence-corrected chi connectivity index (χ3v) is 25.8. The quantitative estimate of drug-likeness (QED) is 0.109. The fourth-order valence-corrected chi connectivity index (χ4v) is 19.9. The number of rotatable bonds is 13. The van der Waals surface area contributed by atoms with Crippen molar-refractivity contribution in [2.24, 2.45) is 0 Å². The van der Waals surface area contributed by atoms with Gasteiger partial charge in [-0.2, -0.15) is 0 Å². The molecule has 114 heavy (non-hydrogen) atoms. The summed E-state index contributed by atoms with van der Waals surface area (Å²) in [6, 6.07) is 117. The van der Waals surface area contributed by atoms with Gasteiger partial charge in [-0.15, -0.1) is 45.3 Å². The molecule has 0 atom stereocenters. The average Bonchev–Trinajstić information content (AvgIpc) is 1.60. The van der Waals surface area contributed by atoms with Crippen LogP contribution in [0.15, 0.2) is 342 Å². The first-order valence-electron chi connectivity index (χ1n) is 37.4. The average molecular weight is 1530 g/mol. The molecule has 0 spiro atoms. The minimum atomic E-state index is 0.564. The van der Waals surface area contributed by atoms with Crippen molar-refractivity contribution in [2.75, 3.05) is 0 Å². The number of para-hydroxylation sites is 1. The highest BCUT2D eigenvalue weighted by molar-refractivity contribution is 7.26. The van der Waals surface area contributed by atoms with Crippen molar-refractivity contribution >= 4 is 140 Å². The number of aromatic nitrogens is 9. The maximum absolute atomic E-state index is 6.73. The normalized spacial score (nSPS) is 11.9. The van der Waals surface area contributed by atoms with E-state index in [0.717, 1.165) is 157 Å². The molecule has 23 aromatic rings. The minimum Gasteiger partial charge on any atom is -0.456 e. The zero-order valence-corrected chi connectivity index (χ0v) is 63.5. The van der Waals surface area contributed by atoms with E-state index in [9.17, 15) is 0 Å². The SMILES string of the molecule is c1ccc(-c2nc(-c3cc4ccccc4s3)nc(-c3ccc(-c4cccc(-c5ccc(-c6nc(-c7ccc8oc9cc(-c%10cccc(-c%11cccc(-c%12nc(-c%13ccc%14oc%15ccccc%15c%14c%13)nc(-c%13cc%14ccccc%14s%13)n%12)c%11)c%10)ccc9c8c7)nc(-c7cc8ccccc8s7)n6)cc5)c4)c4c3sc3ccccc34)n2)cc1. The Morgan fingerprint density at radius 1 is 0.184 bits per heavy atom. The standard InChI is InChI=1S/C99H55N9O2S4/c1-2-17-57(18-3-1)91-102-96(108-99(103-91)88-55-67-21-6-12-33-84(67)113-88)75-44-43-71(89-74-29-8-13-34-85(74)114-90(75)89)64-26-15-22-59(48-64)56-35-37-58(38-36-56)92-100-94(106-97(104-92)86-53-65-19-4-10-31-82(65)111-86)70-41-46-80-77(51-70)73-42-39-63(52-81(73)110-80)61-24-14-23-60(47-61)62-25-16-27-68(49-62)93-101-95(107-98(105-93)87-54-66-20-5-11-32-83(66)112-87)69-40-45-79-76(50-69)72-28-7-9-30-78(72)109-79/h1-55H. The van der Waals surface area contributed by atoms with Crippen LogP contribution in [0.4, 0.5) is 0 Å². The van der Waals surface area contributed by atoms with Gasteiger partial charge in [0.25, 0.3) is 0 Å². The molecule has 0 saturated heterocycles. The number of fused-ring (bicyclic) bond motifs is 12. The lowest BCUT2D eigenvalue weighted by molar-refractivity contribution is 0.668. The van der Waals surface area contributed by atoms with Crippen LogP contribution in [0, 0.1) is 0 Å². The van der Waals surface area contributed by atoms with Gasteiger partial charge in [0.1, 0.15) is 22.3 Å². The van der Waals surface area contributed by atoms with Crippen molar-refractivity contribution in [3.05, 3.63) is 334 Å². The van der Waals surface area contributed by atoms with Gasteiger partial charge in [-0.1, -0.05) is 212 Å². The zero-order valence-electron chi connectivity index (χ0n) is 60.2. The lowest BCUT2D eigenvalue weighted by atomic mass is 9.94. The summed E-state index contributed by atoms with van der Waals surface area (Å²) in [6.07, 6.45) is 0. The molecule has 9 heterocycles. The van der Waals surface area contributed by atoms with Crippen LogP contribution in [-0.4, -0.2) is 44.9 Å². The molecule has 11 nitrogen and oxygen atoms in total. The molecule has 0 aliphatic heterocycles. The van der Waals surface area contributed by atoms with E-state index in [1.54, 1.807) is 45.3 Å². The van der Waals surface area contributed by atoms with E-state index < -0.39 is 0 Å². The van der Waals surface area contributed by atoms with Gasteiger partial charge in [-0.05, 0) is 182 Å². The summed E-state index contributed by atoms with van der Waals surface area (Å²) in [6.45, 7) is 0. The zero-order chi connectivity index (χ0) is 74.9. The molecular weight excluding hydrogens is 1480 g/mol. The van der Waals surface area contributed by atoms with E-state index in [-0.39, 0.29) is 0 Å². The van der Waals surface area contributed by atoms with Gasteiger partial charge >= 0.3 is 0 Å². The van der Waals surface area contributed by atoms with E-state index in [0.29, 0.717) is 52.4 Å². The summed E-state index contributed by atoms with van der Waals surface area (Å²) in [4.78, 5) is 50.0. The van der Waals surface area contributed by atoms with Crippen molar-refractivity contribution in [3.8, 4) is 145 Å². The summed E-state index contributed by atoms with van der Waals surface area (Å²) in [5, 5.41) is 9.81. The molecule has 0 aliphatic rings. The number of hydrogen-bond acceptors (Lipinski definition) is 15. The molecule has 0 amide bonds. The van der Waals surface area contributed by atoms with Gasteiger partial charge in [0.05, 0.1) is 14.6 Å². The summed E-state index contributed by atoms with van der Waals surface area (Å²) in [5.74, 6) is 5.47. The van der Waals surface area contributed by atoms with Crippen molar-refractivity contribution in [2.45, 2.75) is 0 Å². The molecule has 0 unspecified atom stereocenters. The molecular formula is C99H55N9O2S4. The van der Waals surface area contributed by atoms with Crippen molar-refractivity contribution in [1.82, 2.24) is 44.9 Å². The Kier molecular flexibility index (Phi) is 15.4. The van der Waals surface area contributed by atoms with Crippen molar-refractivity contribution < 1.29 is 8.83 Å². The molecule has 23 rings (SSSR count). The van der Waals surface area contributed by atoms with E-state index in [2.05, 4.69) is 279 Å². The second-order valence-corrected chi connectivity index (χ2v) is 32.6. The van der Waals surface area contributed by atoms with Crippen LogP contribution < -0.4 is 0 Å². The van der Waals surface area contributed by atoms with Crippen LogP contribution in [0.1, 0.15) is 0 Å². The Bertz CT molecular complexity index is 7750. The van der Waals surface area contributed by atoms with Gasteiger partial charge in [0, 0.05) is 89.2 Å². The fraction of sp³-hybridized carbons (Fsp3) is 0. The first-order valence-corrected chi connectivity index (χ1v) is 40.7. The molecule has 14 aromatic carbocycles. The van der Waals surface area contributed by atoms with Gasteiger partial charge in [0.15, 0.2) is 52.4 Å². The molecule has 9 aromatic heterocycles. The largest absolute Gasteiger partial charge is 0.456 e. The first kappa shape index (κ1) is 65.7. The maximum Gasteiger partial charge on any atom is 0.174 e. The Hall–Kier alpha value is -14.2. The van der Waals surface area contributed by atoms with Gasteiger partial charge < -0.3 is 8.83 Å². The molecule has 0 aliphatic carbocycles. The predicted octanol–water partition coefficient (Wildman–Crippen LogP) is 27.7. The van der Waals surface area contributed by atoms with E-state index in [1.807, 2.05) is 54.6 Å². The summed E-state index contributed by atoms with van der Waals surface area (Å²) in [7, 11) is 0. The van der Waals surface area contributed by atoms with Crippen LogP contribution in [0.25, 0.3) is 239 Å². The maximum atomic E-state index is 6.73. The third kappa shape index (κ3) is 11.6. The van der Waals surface area contributed by atoms with Crippen LogP contribution >= 0.6 is 45.3 Å². The lowest BCUT2D eigenvalue weighted by Crippen LogP contribution is -1.99. The smallest absolute Gasteiger partial charge is 0.174 e. The highest BCUT2D eigenvalue weighted by Gasteiger charge is 2.24. The number of benzene rings is 14. The number of hydrogen-bond donors (Lipinski definition) is 0. The Balaban J connectivity index is 0.559. The molecule has 0 saturated carbocycles. The molecule has 0 bridgehead atoms. The van der Waals surface area contributed by atoms with Gasteiger partial charge in [-0.3, -0.25) is 0 Å². The van der Waals surface area contributed by atoms with Crippen molar-refractivity contribution in [3.63, 3.8) is 0 Å². The summed E-state index contributed by atoms with van der Waals surface area (Å²) < 4.78 is 18.8. The minimum absolute atomic E-state index is 0.564. The topological polar surface area (TPSA) is 142 Å². The van der Waals surface area contributed by atoms with Crippen LogP contribution in [-0.2, 0) is 0 Å². The van der Waals surface area contributed by atoms with Crippen LogP contribution in [0.2, 0.25) is 0 Å². The molecule has 532 valence electrons. The van der Waals surface area contributed by atoms with Gasteiger partial charge in [0.2, 0.25) is 0 Å². The first-order chi connectivity index (χ1) is 56.3. The Morgan fingerprint density at radius 3 is 1.12 bits per heavy atom. The second kappa shape index (κ2) is 26.8. The predicted molar refractivity (Wildman–Crippen MR) is 471 cm³/mol. The third-order valence-electron chi connectivity index (χ3n) is 21.3. The van der Waals surface area contributed by atoms with Crippen LogP contribution in [0.3, 0.4) is 0 Å². The van der Waals surface area contributed by atoms with E-state index >= 15 is 0 Å². The fourth-order valence-electron chi connectivity index (χ4n) is 15.7. The summed E-state index contributed by atoms with van der Waals surface area (Å²) >= 11 is 6.83. The highest BCUT2D eigenvalue weighted by Crippen LogP contribution is 2.47. The summed E-state index contributed by atoms with van der Waals surface area (Å²) in [5.41, 5.74) is 17.1. The van der Waals surface area contributed by atoms with Crippen LogP contribution in [0.5, 0.6) is 0 Å². The number of thiophene rings is 4. The lowest BCUT2D eigenvalue weighted by Gasteiger charge is -2.12. The molecule has 0 fully saturated rings. The number of nitrogens with zero attached hydrogens (tertiary/aromatic N) is 9. The van der Waals surface area contributed by atoms with Gasteiger partial charge in [-0.25, -0.2) is 44.9 Å². The number of furan rings is 2. The molecule has 0 N–H and O–H groups in total. The highest BCUT2D eigenvalue weighted by atomic mass is 32.1. The Labute approximate surface area is 666 Å². The van der Waals surface area contributed by atoms with E-state index in [1.165, 1.54) is 30.3 Å². The Morgan fingerprint density at radius 2 is 0.544 bits per heavy atom. The molecule has 0 radical (unpaired) electrons.